The number of nitrogens with one attached hydrogen (secondary N) is 1. The van der Waals surface area contributed by atoms with Crippen LogP contribution in [-0.2, 0) is 6.42 Å². The summed E-state index contributed by atoms with van der Waals surface area (Å²) in [7, 11) is 0. The number of pyridine rings is 1. The predicted octanol–water partition coefficient (Wildman–Crippen LogP) is 3.21. The summed E-state index contributed by atoms with van der Waals surface area (Å²) in [6.07, 6.45) is 2.50. The molecule has 0 aliphatic heterocycles. The van der Waals surface area contributed by atoms with E-state index in [-0.39, 0.29) is 5.91 Å². The van der Waals surface area contributed by atoms with E-state index in [1.54, 1.807) is 12.3 Å². The standard InChI is InChI=1S/C18H16N2O/c21-18(20-12-10-14-6-2-1-3-7-14)16-11-13-19-17-9-5-4-8-15(16)17/h1-9,11,13H,10,12H2,(H,20,21). The minimum atomic E-state index is -0.0514. The topological polar surface area (TPSA) is 42.0 Å². The lowest BCUT2D eigenvalue weighted by Gasteiger charge is -2.07. The van der Waals surface area contributed by atoms with Gasteiger partial charge in [-0.05, 0) is 24.1 Å². The third kappa shape index (κ3) is 3.08. The lowest BCUT2D eigenvalue weighted by atomic mass is 10.1. The highest BCUT2D eigenvalue weighted by Crippen LogP contribution is 2.15. The van der Waals surface area contributed by atoms with E-state index in [1.807, 2.05) is 42.5 Å². The van der Waals surface area contributed by atoms with Crippen LogP contribution in [0.3, 0.4) is 0 Å². The highest BCUT2D eigenvalue weighted by molar-refractivity contribution is 6.05. The first-order chi connectivity index (χ1) is 10.3. The van der Waals surface area contributed by atoms with Crippen molar-refractivity contribution in [2.45, 2.75) is 6.42 Å². The van der Waals surface area contributed by atoms with E-state index < -0.39 is 0 Å². The first-order valence-electron chi connectivity index (χ1n) is 7.00. The fourth-order valence-corrected chi connectivity index (χ4v) is 2.35. The van der Waals surface area contributed by atoms with Crippen LogP contribution in [0, 0.1) is 0 Å². The Hall–Kier alpha value is -2.68. The van der Waals surface area contributed by atoms with Gasteiger partial charge in [0.1, 0.15) is 0 Å². The molecule has 0 saturated carbocycles. The molecule has 3 nitrogen and oxygen atoms in total. The smallest absolute Gasteiger partial charge is 0.252 e. The summed E-state index contributed by atoms with van der Waals surface area (Å²) >= 11 is 0. The molecule has 0 aliphatic carbocycles. The maximum atomic E-state index is 12.3. The number of carbonyl (C=O) groups is 1. The van der Waals surface area contributed by atoms with Crippen LogP contribution in [-0.4, -0.2) is 17.4 Å². The van der Waals surface area contributed by atoms with Crippen molar-refractivity contribution in [3.63, 3.8) is 0 Å². The average Bonchev–Trinajstić information content (AvgIpc) is 2.55. The molecule has 1 amide bonds. The maximum absolute atomic E-state index is 12.3. The summed E-state index contributed by atoms with van der Waals surface area (Å²) in [4.78, 5) is 16.6. The van der Waals surface area contributed by atoms with Crippen molar-refractivity contribution in [2.24, 2.45) is 0 Å². The molecule has 0 bridgehead atoms. The quantitative estimate of drug-likeness (QED) is 0.795. The number of benzene rings is 2. The van der Waals surface area contributed by atoms with E-state index in [9.17, 15) is 4.79 Å². The van der Waals surface area contributed by atoms with Crippen molar-refractivity contribution in [1.29, 1.82) is 0 Å². The maximum Gasteiger partial charge on any atom is 0.252 e. The molecule has 3 rings (SSSR count). The van der Waals surface area contributed by atoms with Gasteiger partial charge < -0.3 is 5.32 Å². The van der Waals surface area contributed by atoms with Crippen LogP contribution in [0.15, 0.2) is 66.9 Å². The molecule has 1 aromatic heterocycles. The van der Waals surface area contributed by atoms with Crippen molar-refractivity contribution >= 4 is 16.8 Å². The van der Waals surface area contributed by atoms with Crippen LogP contribution in [0.25, 0.3) is 10.9 Å². The predicted molar refractivity (Wildman–Crippen MR) is 84.2 cm³/mol. The zero-order valence-electron chi connectivity index (χ0n) is 11.6. The summed E-state index contributed by atoms with van der Waals surface area (Å²) in [6, 6.07) is 19.6. The van der Waals surface area contributed by atoms with Gasteiger partial charge in [0.15, 0.2) is 0 Å². The van der Waals surface area contributed by atoms with Crippen molar-refractivity contribution < 1.29 is 4.79 Å². The number of carbonyl (C=O) groups excluding carboxylic acids is 1. The molecule has 0 saturated heterocycles. The van der Waals surface area contributed by atoms with Gasteiger partial charge in [-0.2, -0.15) is 0 Å². The zero-order chi connectivity index (χ0) is 14.5. The molecule has 0 aliphatic rings. The van der Waals surface area contributed by atoms with Gasteiger partial charge in [-0.15, -0.1) is 0 Å². The Kier molecular flexibility index (Phi) is 3.92. The van der Waals surface area contributed by atoms with E-state index in [0.717, 1.165) is 17.3 Å². The Morgan fingerprint density at radius 1 is 0.952 bits per heavy atom. The van der Waals surface area contributed by atoms with Crippen LogP contribution in [0.1, 0.15) is 15.9 Å². The second-order valence-electron chi connectivity index (χ2n) is 4.87. The number of para-hydroxylation sites is 1. The van der Waals surface area contributed by atoms with Gasteiger partial charge in [-0.3, -0.25) is 9.78 Å². The lowest BCUT2D eigenvalue weighted by molar-refractivity contribution is 0.0955. The normalized spacial score (nSPS) is 10.5. The highest BCUT2D eigenvalue weighted by Gasteiger charge is 2.09. The minimum Gasteiger partial charge on any atom is -0.352 e. The summed E-state index contributed by atoms with van der Waals surface area (Å²) < 4.78 is 0. The second-order valence-corrected chi connectivity index (χ2v) is 4.87. The van der Waals surface area contributed by atoms with Crippen LogP contribution < -0.4 is 5.32 Å². The Labute approximate surface area is 123 Å². The van der Waals surface area contributed by atoms with Crippen molar-refractivity contribution in [3.05, 3.63) is 78.0 Å². The van der Waals surface area contributed by atoms with Gasteiger partial charge in [-0.1, -0.05) is 48.5 Å². The molecule has 3 aromatic rings. The number of nitrogens with zero attached hydrogens (tertiary/aromatic N) is 1. The van der Waals surface area contributed by atoms with E-state index in [0.29, 0.717) is 12.1 Å². The molecule has 0 fully saturated rings. The molecule has 0 radical (unpaired) electrons. The fourth-order valence-electron chi connectivity index (χ4n) is 2.35. The number of rotatable bonds is 4. The summed E-state index contributed by atoms with van der Waals surface area (Å²) in [5.41, 5.74) is 2.74. The van der Waals surface area contributed by atoms with Gasteiger partial charge in [0.05, 0.1) is 11.1 Å². The van der Waals surface area contributed by atoms with E-state index in [1.165, 1.54) is 5.56 Å². The minimum absolute atomic E-state index is 0.0514. The third-order valence-corrected chi connectivity index (χ3v) is 3.44. The van der Waals surface area contributed by atoms with Crippen molar-refractivity contribution in [1.82, 2.24) is 10.3 Å². The Bertz CT molecular complexity index is 748. The van der Waals surface area contributed by atoms with E-state index in [4.69, 9.17) is 0 Å². The molecule has 0 atom stereocenters. The summed E-state index contributed by atoms with van der Waals surface area (Å²) in [6.45, 7) is 0.625. The van der Waals surface area contributed by atoms with Gasteiger partial charge in [0.2, 0.25) is 0 Å². The molecular formula is C18H16N2O. The lowest BCUT2D eigenvalue weighted by Crippen LogP contribution is -2.25. The van der Waals surface area contributed by atoms with E-state index >= 15 is 0 Å². The summed E-state index contributed by atoms with van der Waals surface area (Å²) in [5, 5.41) is 3.86. The number of amides is 1. The number of hydrogen-bond donors (Lipinski definition) is 1. The van der Waals surface area contributed by atoms with Crippen LogP contribution in [0.5, 0.6) is 0 Å². The zero-order valence-corrected chi connectivity index (χ0v) is 11.6. The molecular weight excluding hydrogens is 260 g/mol. The largest absolute Gasteiger partial charge is 0.352 e. The fraction of sp³-hybridized carbons (Fsp3) is 0.111. The first kappa shape index (κ1) is 13.3. The molecule has 0 spiro atoms. The Morgan fingerprint density at radius 3 is 2.57 bits per heavy atom. The van der Waals surface area contributed by atoms with Gasteiger partial charge >= 0.3 is 0 Å². The molecule has 104 valence electrons. The van der Waals surface area contributed by atoms with Crippen molar-refractivity contribution in [3.8, 4) is 0 Å². The monoisotopic (exact) mass is 276 g/mol. The van der Waals surface area contributed by atoms with E-state index in [2.05, 4.69) is 22.4 Å². The van der Waals surface area contributed by atoms with Gasteiger partial charge in [-0.25, -0.2) is 0 Å². The first-order valence-corrected chi connectivity index (χ1v) is 7.00. The average molecular weight is 276 g/mol. The Balaban J connectivity index is 1.70. The van der Waals surface area contributed by atoms with Crippen LogP contribution >= 0.6 is 0 Å². The number of aromatic nitrogens is 1. The highest BCUT2D eigenvalue weighted by atomic mass is 16.1. The molecule has 3 heteroatoms. The number of hydrogen-bond acceptors (Lipinski definition) is 2. The molecule has 1 N–H and O–H groups in total. The third-order valence-electron chi connectivity index (χ3n) is 3.44. The molecule has 1 heterocycles. The van der Waals surface area contributed by atoms with Crippen LogP contribution in [0.2, 0.25) is 0 Å². The van der Waals surface area contributed by atoms with Crippen LogP contribution in [0.4, 0.5) is 0 Å². The van der Waals surface area contributed by atoms with Gasteiger partial charge in [0.25, 0.3) is 5.91 Å². The molecule has 2 aromatic carbocycles. The van der Waals surface area contributed by atoms with Crippen molar-refractivity contribution in [2.75, 3.05) is 6.54 Å². The molecule has 21 heavy (non-hydrogen) atoms. The molecule has 0 unspecified atom stereocenters. The SMILES string of the molecule is O=C(NCCc1ccccc1)c1ccnc2ccccc12. The van der Waals surface area contributed by atoms with Gasteiger partial charge in [0, 0.05) is 18.1 Å². The number of fused-ring (bicyclic) bond motifs is 1. The second kappa shape index (κ2) is 6.18. The Morgan fingerprint density at radius 2 is 1.71 bits per heavy atom. The summed E-state index contributed by atoms with van der Waals surface area (Å²) in [5.74, 6) is -0.0514.